The third-order valence-electron chi connectivity index (χ3n) is 9.82. The van der Waals surface area contributed by atoms with Crippen molar-refractivity contribution in [2.45, 2.75) is 97.7 Å². The molecule has 4 aliphatic rings. The summed E-state index contributed by atoms with van der Waals surface area (Å²) in [4.78, 5) is 24.8. The molecule has 0 amide bonds. The van der Waals surface area contributed by atoms with E-state index >= 15 is 0 Å². The summed E-state index contributed by atoms with van der Waals surface area (Å²) in [6.45, 7) is 10.9. The van der Waals surface area contributed by atoms with Crippen LogP contribution in [0.15, 0.2) is 23.5 Å². The summed E-state index contributed by atoms with van der Waals surface area (Å²) in [6, 6.07) is 0. The molecule has 0 aromatic heterocycles. The van der Waals surface area contributed by atoms with Crippen LogP contribution < -0.4 is 0 Å². The molecule has 0 spiro atoms. The topological polar surface area (TPSA) is 93.1 Å². The second-order valence-corrected chi connectivity index (χ2v) is 11.8. The van der Waals surface area contributed by atoms with Crippen LogP contribution >= 0.6 is 0 Å². The normalized spacial score (nSPS) is 41.0. The van der Waals surface area contributed by atoms with Gasteiger partial charge in [0.25, 0.3) is 0 Å². The highest BCUT2D eigenvalue weighted by Gasteiger charge is 2.65. The third kappa shape index (κ3) is 4.00. The second kappa shape index (κ2) is 9.00. The van der Waals surface area contributed by atoms with E-state index in [1.807, 2.05) is 20.8 Å². The maximum atomic E-state index is 13.5. The molecule has 6 nitrogen and oxygen atoms in total. The van der Waals surface area contributed by atoms with Gasteiger partial charge in [0.05, 0.1) is 30.0 Å². The van der Waals surface area contributed by atoms with Crippen molar-refractivity contribution in [2.75, 3.05) is 6.61 Å². The van der Waals surface area contributed by atoms with Crippen molar-refractivity contribution < 1.29 is 29.3 Å². The minimum Gasteiger partial charge on any atom is -0.498 e. The van der Waals surface area contributed by atoms with Gasteiger partial charge in [0.2, 0.25) is 0 Å². The molecule has 0 saturated heterocycles. The highest BCUT2D eigenvalue weighted by Crippen LogP contribution is 2.68. The van der Waals surface area contributed by atoms with Gasteiger partial charge in [-0.1, -0.05) is 19.9 Å². The Morgan fingerprint density at radius 1 is 1.15 bits per heavy atom. The van der Waals surface area contributed by atoms with Crippen molar-refractivity contribution in [3.05, 3.63) is 23.5 Å². The summed E-state index contributed by atoms with van der Waals surface area (Å²) in [6.07, 6.45) is 9.43. The van der Waals surface area contributed by atoms with E-state index in [9.17, 15) is 19.8 Å². The fraction of sp³-hybridized carbons (Fsp3) is 0.786. The molecule has 4 aliphatic carbocycles. The molecule has 0 bridgehead atoms. The molecule has 7 atom stereocenters. The number of hydrogen-bond acceptors (Lipinski definition) is 5. The van der Waals surface area contributed by atoms with E-state index in [1.165, 1.54) is 5.57 Å². The number of carbonyl (C=O) groups excluding carboxylic acids is 1. The summed E-state index contributed by atoms with van der Waals surface area (Å²) >= 11 is 0. The van der Waals surface area contributed by atoms with E-state index in [-0.39, 0.29) is 48.1 Å². The quantitative estimate of drug-likeness (QED) is 0.489. The molecule has 2 N–H and O–H groups in total. The molecule has 190 valence electrons. The Balaban J connectivity index is 1.75. The first-order valence-electron chi connectivity index (χ1n) is 13.2. The number of esters is 1. The van der Waals surface area contributed by atoms with Crippen molar-refractivity contribution in [2.24, 2.45) is 34.5 Å². The van der Waals surface area contributed by atoms with E-state index in [0.29, 0.717) is 18.9 Å². The Morgan fingerprint density at radius 3 is 2.50 bits per heavy atom. The summed E-state index contributed by atoms with van der Waals surface area (Å²) in [5.74, 6) is 0.133. The SMILES string of the molecule is CCOC1=CC2=C[C@H](C(=O)OC(C)C)[C@@H]3[C@H](CC[C@@]4(C)[C@H]3CC[C@@]4(O)CCC(=O)O)[C@@]2(C)CC1. The number of carbonyl (C=O) groups is 2. The van der Waals surface area contributed by atoms with Crippen LogP contribution in [0.4, 0.5) is 0 Å². The first-order chi connectivity index (χ1) is 15.9. The zero-order chi connectivity index (χ0) is 24.9. The molecule has 2 saturated carbocycles. The van der Waals surface area contributed by atoms with Crippen molar-refractivity contribution >= 4 is 11.9 Å². The van der Waals surface area contributed by atoms with Crippen LogP contribution in [0.3, 0.4) is 0 Å². The average Bonchev–Trinajstić information content (AvgIpc) is 3.03. The van der Waals surface area contributed by atoms with Crippen molar-refractivity contribution in [1.29, 1.82) is 0 Å². The summed E-state index contributed by atoms with van der Waals surface area (Å²) < 4.78 is 11.6. The maximum Gasteiger partial charge on any atom is 0.313 e. The zero-order valence-electron chi connectivity index (χ0n) is 21.4. The molecule has 4 rings (SSSR count). The van der Waals surface area contributed by atoms with Gasteiger partial charge in [-0.15, -0.1) is 0 Å². The van der Waals surface area contributed by atoms with Gasteiger partial charge in [-0.3, -0.25) is 9.59 Å². The van der Waals surface area contributed by atoms with Gasteiger partial charge in [0, 0.05) is 12.8 Å². The van der Waals surface area contributed by atoms with E-state index in [0.717, 1.165) is 37.9 Å². The molecule has 0 aliphatic heterocycles. The lowest BCUT2D eigenvalue weighted by molar-refractivity contribution is -0.166. The molecule has 0 unspecified atom stereocenters. The van der Waals surface area contributed by atoms with Gasteiger partial charge in [-0.05, 0) is 99.5 Å². The lowest BCUT2D eigenvalue weighted by Crippen LogP contribution is -2.57. The van der Waals surface area contributed by atoms with E-state index < -0.39 is 17.0 Å². The minimum atomic E-state index is -1.01. The van der Waals surface area contributed by atoms with Crippen LogP contribution in [0.2, 0.25) is 0 Å². The number of carboxylic acid groups (broad SMARTS) is 1. The fourth-order valence-corrected chi connectivity index (χ4v) is 7.99. The molecule has 0 aromatic carbocycles. The molecular formula is C28H42O6. The Hall–Kier alpha value is -1.82. The molecule has 6 heteroatoms. The van der Waals surface area contributed by atoms with Crippen molar-refractivity contribution in [1.82, 2.24) is 0 Å². The first kappa shape index (κ1) is 25.3. The monoisotopic (exact) mass is 474 g/mol. The van der Waals surface area contributed by atoms with Crippen molar-refractivity contribution in [3.63, 3.8) is 0 Å². The lowest BCUT2D eigenvalue weighted by atomic mass is 9.45. The van der Waals surface area contributed by atoms with Crippen LogP contribution in [0, 0.1) is 34.5 Å². The fourth-order valence-electron chi connectivity index (χ4n) is 7.99. The average molecular weight is 475 g/mol. The van der Waals surface area contributed by atoms with Crippen LogP contribution in [0.25, 0.3) is 0 Å². The van der Waals surface area contributed by atoms with Crippen LogP contribution in [-0.2, 0) is 19.1 Å². The number of ether oxygens (including phenoxy) is 2. The lowest BCUT2D eigenvalue weighted by Gasteiger charge is -2.59. The van der Waals surface area contributed by atoms with Crippen LogP contribution in [0.5, 0.6) is 0 Å². The Morgan fingerprint density at radius 2 is 1.85 bits per heavy atom. The maximum absolute atomic E-state index is 13.5. The smallest absolute Gasteiger partial charge is 0.313 e. The zero-order valence-corrected chi connectivity index (χ0v) is 21.4. The van der Waals surface area contributed by atoms with Gasteiger partial charge in [0.1, 0.15) is 0 Å². The number of hydrogen-bond donors (Lipinski definition) is 2. The van der Waals surface area contributed by atoms with Gasteiger partial charge >= 0.3 is 11.9 Å². The number of rotatable bonds is 7. The summed E-state index contributed by atoms with van der Waals surface area (Å²) in [5, 5.41) is 21.0. The third-order valence-corrected chi connectivity index (χ3v) is 9.82. The number of aliphatic carboxylic acids is 1. The predicted octanol–water partition coefficient (Wildman–Crippen LogP) is 5.25. The highest BCUT2D eigenvalue weighted by molar-refractivity contribution is 5.76. The Bertz CT molecular complexity index is 889. The largest absolute Gasteiger partial charge is 0.498 e. The van der Waals surface area contributed by atoms with E-state index in [4.69, 9.17) is 9.47 Å². The summed E-state index contributed by atoms with van der Waals surface area (Å²) in [7, 11) is 0. The standard InChI is InChI=1S/C28H42O6/c1-6-33-19-7-11-26(4)18(15-19)16-20(25(31)34-17(2)3)24-21(26)8-12-27(5)22(24)9-13-28(27,32)14-10-23(29)30/h15-17,20-22,24,32H,6-14H2,1-5H3,(H,29,30)/t20-,21-,22-,24+,26-,27-,28+/m0/s1. The van der Waals surface area contributed by atoms with Gasteiger partial charge < -0.3 is 19.7 Å². The molecule has 0 aromatic rings. The molecule has 34 heavy (non-hydrogen) atoms. The predicted molar refractivity (Wildman–Crippen MR) is 129 cm³/mol. The van der Waals surface area contributed by atoms with Gasteiger partial charge in [0.15, 0.2) is 0 Å². The highest BCUT2D eigenvalue weighted by atomic mass is 16.5. The minimum absolute atomic E-state index is 0.0293. The van der Waals surface area contributed by atoms with Crippen LogP contribution in [-0.4, -0.2) is 40.5 Å². The molecule has 0 radical (unpaired) electrons. The Kier molecular flexibility index (Phi) is 6.69. The number of allylic oxidation sites excluding steroid dienone is 3. The second-order valence-electron chi connectivity index (χ2n) is 11.8. The molecule has 0 heterocycles. The number of carboxylic acids is 1. The number of fused-ring (bicyclic) bond motifs is 5. The van der Waals surface area contributed by atoms with Gasteiger partial charge in [-0.2, -0.15) is 0 Å². The molecule has 2 fully saturated rings. The molecular weight excluding hydrogens is 432 g/mol. The van der Waals surface area contributed by atoms with Crippen LogP contribution in [0.1, 0.15) is 86.0 Å². The first-order valence-corrected chi connectivity index (χ1v) is 13.2. The summed E-state index contributed by atoms with van der Waals surface area (Å²) in [5.41, 5.74) is -0.254. The van der Waals surface area contributed by atoms with E-state index in [1.54, 1.807) is 0 Å². The van der Waals surface area contributed by atoms with Crippen molar-refractivity contribution in [3.8, 4) is 0 Å². The Labute approximate surface area is 203 Å². The van der Waals surface area contributed by atoms with E-state index in [2.05, 4.69) is 26.0 Å². The van der Waals surface area contributed by atoms with Gasteiger partial charge in [-0.25, -0.2) is 0 Å². The number of aliphatic hydroxyl groups is 1.